The highest BCUT2D eigenvalue weighted by molar-refractivity contribution is 6.32. The molecule has 1 atom stereocenters. The molecule has 1 fully saturated rings. The van der Waals surface area contributed by atoms with Crippen molar-refractivity contribution < 1.29 is 9.13 Å². The standard InChI is InChI=1S/C12H15ClFNO/c1-16-11-6-10(14)5-9(12(11)13)4-8-2-3-15-7-8/h5-6,8,15H,2-4,7H2,1H3. The van der Waals surface area contributed by atoms with Crippen LogP contribution in [0, 0.1) is 11.7 Å². The van der Waals surface area contributed by atoms with Crippen molar-refractivity contribution in [3.05, 3.63) is 28.5 Å². The van der Waals surface area contributed by atoms with E-state index in [0.717, 1.165) is 31.5 Å². The molecular weight excluding hydrogens is 229 g/mol. The Labute approximate surface area is 99.7 Å². The van der Waals surface area contributed by atoms with Crippen LogP contribution in [0.15, 0.2) is 12.1 Å². The van der Waals surface area contributed by atoms with Crippen molar-refractivity contribution in [2.75, 3.05) is 20.2 Å². The summed E-state index contributed by atoms with van der Waals surface area (Å²) >= 11 is 6.15. The van der Waals surface area contributed by atoms with Crippen molar-refractivity contribution in [2.24, 2.45) is 5.92 Å². The number of ether oxygens (including phenoxy) is 1. The van der Waals surface area contributed by atoms with Gasteiger partial charge in [0.1, 0.15) is 11.6 Å². The minimum Gasteiger partial charge on any atom is -0.495 e. The Morgan fingerprint density at radius 2 is 2.38 bits per heavy atom. The maximum atomic E-state index is 13.3. The lowest BCUT2D eigenvalue weighted by atomic mass is 9.98. The zero-order valence-corrected chi connectivity index (χ0v) is 9.98. The van der Waals surface area contributed by atoms with Gasteiger partial charge in [-0.15, -0.1) is 0 Å². The molecule has 1 unspecified atom stereocenters. The molecule has 0 radical (unpaired) electrons. The summed E-state index contributed by atoms with van der Waals surface area (Å²) in [6, 6.07) is 2.82. The largest absolute Gasteiger partial charge is 0.495 e. The molecule has 1 N–H and O–H groups in total. The molecule has 1 saturated heterocycles. The highest BCUT2D eigenvalue weighted by Crippen LogP contribution is 2.31. The minimum atomic E-state index is -0.290. The molecular formula is C12H15ClFNO. The van der Waals surface area contributed by atoms with Gasteiger partial charge in [0.2, 0.25) is 0 Å². The van der Waals surface area contributed by atoms with Crippen LogP contribution in [0.1, 0.15) is 12.0 Å². The summed E-state index contributed by atoms with van der Waals surface area (Å²) in [4.78, 5) is 0. The molecule has 0 amide bonds. The summed E-state index contributed by atoms with van der Waals surface area (Å²) in [6.45, 7) is 2.02. The fourth-order valence-electron chi connectivity index (χ4n) is 2.12. The molecule has 0 spiro atoms. The highest BCUT2D eigenvalue weighted by Gasteiger charge is 2.18. The van der Waals surface area contributed by atoms with E-state index >= 15 is 0 Å². The van der Waals surface area contributed by atoms with Crippen molar-refractivity contribution in [2.45, 2.75) is 12.8 Å². The van der Waals surface area contributed by atoms with Gasteiger partial charge >= 0.3 is 0 Å². The Morgan fingerprint density at radius 1 is 1.56 bits per heavy atom. The van der Waals surface area contributed by atoms with Crippen LogP contribution in [0.3, 0.4) is 0 Å². The van der Waals surface area contributed by atoms with Gasteiger partial charge in [-0.05, 0) is 43.5 Å². The van der Waals surface area contributed by atoms with Crippen LogP contribution in [-0.2, 0) is 6.42 Å². The molecule has 4 heteroatoms. The molecule has 2 nitrogen and oxygen atoms in total. The van der Waals surface area contributed by atoms with Crippen molar-refractivity contribution in [1.29, 1.82) is 0 Å². The summed E-state index contributed by atoms with van der Waals surface area (Å²) in [6.07, 6.45) is 1.93. The summed E-state index contributed by atoms with van der Waals surface area (Å²) in [5.74, 6) is 0.675. The van der Waals surface area contributed by atoms with E-state index in [1.807, 2.05) is 0 Å². The first-order valence-electron chi connectivity index (χ1n) is 5.43. The molecule has 0 aromatic heterocycles. The fourth-order valence-corrected chi connectivity index (χ4v) is 2.38. The van der Waals surface area contributed by atoms with Crippen molar-refractivity contribution in [3.63, 3.8) is 0 Å². The molecule has 0 saturated carbocycles. The van der Waals surface area contributed by atoms with E-state index in [9.17, 15) is 4.39 Å². The van der Waals surface area contributed by atoms with Crippen LogP contribution in [0.4, 0.5) is 4.39 Å². The molecule has 16 heavy (non-hydrogen) atoms. The maximum Gasteiger partial charge on any atom is 0.140 e. The molecule has 1 heterocycles. The number of methoxy groups -OCH3 is 1. The average Bonchev–Trinajstić information content (AvgIpc) is 2.75. The van der Waals surface area contributed by atoms with Crippen molar-refractivity contribution in [3.8, 4) is 5.75 Å². The van der Waals surface area contributed by atoms with E-state index in [4.69, 9.17) is 16.3 Å². The van der Waals surface area contributed by atoms with Gasteiger partial charge in [0.25, 0.3) is 0 Å². The van der Waals surface area contributed by atoms with Gasteiger partial charge in [0.15, 0.2) is 0 Å². The zero-order valence-electron chi connectivity index (χ0n) is 9.22. The first kappa shape index (κ1) is 11.7. The summed E-state index contributed by atoms with van der Waals surface area (Å²) in [5.41, 5.74) is 0.840. The third kappa shape index (κ3) is 2.47. The van der Waals surface area contributed by atoms with Gasteiger partial charge in [0.05, 0.1) is 12.1 Å². The number of hydrogen-bond acceptors (Lipinski definition) is 2. The third-order valence-corrected chi connectivity index (χ3v) is 3.40. The molecule has 1 aromatic carbocycles. The van der Waals surface area contributed by atoms with Crippen molar-refractivity contribution >= 4 is 11.6 Å². The smallest absolute Gasteiger partial charge is 0.140 e. The summed E-state index contributed by atoms with van der Waals surface area (Å²) < 4.78 is 18.4. The highest BCUT2D eigenvalue weighted by atomic mass is 35.5. The maximum absolute atomic E-state index is 13.3. The third-order valence-electron chi connectivity index (χ3n) is 2.97. The first-order chi connectivity index (χ1) is 7.70. The van der Waals surface area contributed by atoms with Crippen LogP contribution < -0.4 is 10.1 Å². The second-order valence-electron chi connectivity index (χ2n) is 4.14. The second-order valence-corrected chi connectivity index (χ2v) is 4.52. The van der Waals surface area contributed by atoms with E-state index in [0.29, 0.717) is 16.7 Å². The van der Waals surface area contributed by atoms with Crippen LogP contribution in [0.2, 0.25) is 5.02 Å². The first-order valence-corrected chi connectivity index (χ1v) is 5.81. The number of rotatable bonds is 3. The zero-order chi connectivity index (χ0) is 11.5. The average molecular weight is 244 g/mol. The van der Waals surface area contributed by atoms with Gasteiger partial charge < -0.3 is 10.1 Å². The van der Waals surface area contributed by atoms with E-state index in [2.05, 4.69) is 5.32 Å². The van der Waals surface area contributed by atoms with E-state index in [1.54, 1.807) is 0 Å². The number of benzene rings is 1. The molecule has 88 valence electrons. The Bertz CT molecular complexity index is 378. The topological polar surface area (TPSA) is 21.3 Å². The van der Waals surface area contributed by atoms with E-state index < -0.39 is 0 Å². The molecule has 1 aromatic rings. The minimum absolute atomic E-state index is 0.290. The Kier molecular flexibility index (Phi) is 3.66. The Morgan fingerprint density at radius 3 is 3.00 bits per heavy atom. The Hall–Kier alpha value is -0.800. The lowest BCUT2D eigenvalue weighted by Gasteiger charge is -2.12. The predicted octanol–water partition coefficient (Wildman–Crippen LogP) is 2.64. The summed E-state index contributed by atoms with van der Waals surface area (Å²) in [5, 5.41) is 3.82. The van der Waals surface area contributed by atoms with Gasteiger partial charge in [-0.3, -0.25) is 0 Å². The Balaban J connectivity index is 2.21. The second kappa shape index (κ2) is 5.02. The van der Waals surface area contributed by atoms with Crippen LogP contribution >= 0.6 is 11.6 Å². The van der Waals surface area contributed by atoms with E-state index in [1.165, 1.54) is 19.2 Å². The van der Waals surface area contributed by atoms with Gasteiger partial charge in [-0.1, -0.05) is 11.6 Å². The quantitative estimate of drug-likeness (QED) is 0.881. The molecule has 1 aliphatic rings. The monoisotopic (exact) mass is 243 g/mol. The number of nitrogens with one attached hydrogen (secondary N) is 1. The van der Waals surface area contributed by atoms with Gasteiger partial charge in [-0.25, -0.2) is 4.39 Å². The lowest BCUT2D eigenvalue weighted by molar-refractivity contribution is 0.410. The molecule has 0 aliphatic carbocycles. The van der Waals surface area contributed by atoms with Gasteiger partial charge in [0, 0.05) is 6.07 Å². The van der Waals surface area contributed by atoms with Crippen LogP contribution in [0.25, 0.3) is 0 Å². The predicted molar refractivity (Wildman–Crippen MR) is 62.6 cm³/mol. The van der Waals surface area contributed by atoms with Crippen LogP contribution in [0.5, 0.6) is 5.75 Å². The lowest BCUT2D eigenvalue weighted by Crippen LogP contribution is -2.11. The summed E-state index contributed by atoms with van der Waals surface area (Å²) in [7, 11) is 1.50. The van der Waals surface area contributed by atoms with Crippen LogP contribution in [-0.4, -0.2) is 20.2 Å². The number of halogens is 2. The number of hydrogen-bond donors (Lipinski definition) is 1. The normalized spacial score (nSPS) is 20.1. The molecule has 1 aliphatic heterocycles. The molecule has 2 rings (SSSR count). The van der Waals surface area contributed by atoms with Crippen molar-refractivity contribution in [1.82, 2.24) is 5.32 Å². The van der Waals surface area contributed by atoms with Gasteiger partial charge in [-0.2, -0.15) is 0 Å². The SMILES string of the molecule is COc1cc(F)cc(CC2CCNC2)c1Cl. The molecule has 0 bridgehead atoms. The van der Waals surface area contributed by atoms with E-state index in [-0.39, 0.29) is 5.82 Å². The fraction of sp³-hybridized carbons (Fsp3) is 0.500.